The summed E-state index contributed by atoms with van der Waals surface area (Å²) < 4.78 is 0.966. The molecule has 0 unspecified atom stereocenters. The average Bonchev–Trinajstić information content (AvgIpc) is 2.30. The fourth-order valence-electron chi connectivity index (χ4n) is 1.34. The molecule has 3 N–H and O–H groups in total. The van der Waals surface area contributed by atoms with E-state index < -0.39 is 0 Å². The van der Waals surface area contributed by atoms with E-state index in [2.05, 4.69) is 31.2 Å². The van der Waals surface area contributed by atoms with Crippen LogP contribution in [0.3, 0.4) is 0 Å². The Kier molecular flexibility index (Phi) is 3.49. The van der Waals surface area contributed by atoms with Crippen LogP contribution in [0.2, 0.25) is 5.02 Å². The predicted molar refractivity (Wildman–Crippen MR) is 73.6 cm³/mol. The summed E-state index contributed by atoms with van der Waals surface area (Å²) in [6, 6.07) is 5.87. The number of hydrogen-bond donors (Lipinski definition) is 2. The van der Waals surface area contributed by atoms with Gasteiger partial charge >= 0.3 is 0 Å². The first kappa shape index (κ1) is 12.1. The highest BCUT2D eigenvalue weighted by Gasteiger charge is 2.07. The fraction of sp³-hybridized carbons (Fsp3) is 0.0909. The minimum atomic E-state index is 0.181. The number of nitrogen functional groups attached to an aromatic ring is 1. The lowest BCUT2D eigenvalue weighted by Crippen LogP contribution is -2.01. The molecule has 17 heavy (non-hydrogen) atoms. The Hall–Kier alpha value is -1.33. The number of halogens is 2. The maximum absolute atomic E-state index is 5.98. The second-order valence-electron chi connectivity index (χ2n) is 3.49. The van der Waals surface area contributed by atoms with Gasteiger partial charge in [0.2, 0.25) is 5.95 Å². The summed E-state index contributed by atoms with van der Waals surface area (Å²) in [5, 5.41) is 3.54. The van der Waals surface area contributed by atoms with E-state index in [1.807, 2.05) is 25.1 Å². The van der Waals surface area contributed by atoms with Crippen LogP contribution in [-0.2, 0) is 0 Å². The average molecular weight is 314 g/mol. The summed E-state index contributed by atoms with van der Waals surface area (Å²) in [4.78, 5) is 7.85. The van der Waals surface area contributed by atoms with Crippen LogP contribution in [0.15, 0.2) is 28.9 Å². The van der Waals surface area contributed by atoms with Gasteiger partial charge in [0.05, 0.1) is 11.9 Å². The fourth-order valence-corrected chi connectivity index (χ4v) is 1.84. The number of hydrogen-bond acceptors (Lipinski definition) is 4. The molecule has 0 aliphatic carbocycles. The standard InChI is InChI=1S/C11H10BrClN4/c1-6-3-2-4-8(9(6)12)16-10-7(13)5-15-11(14)17-10/h2-5H,1H3,(H3,14,15,16,17). The van der Waals surface area contributed by atoms with Crippen LogP contribution in [0.4, 0.5) is 17.5 Å². The summed E-state index contributed by atoms with van der Waals surface area (Å²) in [5.74, 6) is 0.672. The van der Waals surface area contributed by atoms with Gasteiger partial charge in [0, 0.05) is 4.47 Å². The van der Waals surface area contributed by atoms with Crippen molar-refractivity contribution in [3.63, 3.8) is 0 Å². The van der Waals surface area contributed by atoms with Gasteiger partial charge in [0.1, 0.15) is 5.02 Å². The minimum Gasteiger partial charge on any atom is -0.368 e. The van der Waals surface area contributed by atoms with Crippen molar-refractivity contribution < 1.29 is 0 Å². The van der Waals surface area contributed by atoms with Crippen LogP contribution >= 0.6 is 27.5 Å². The minimum absolute atomic E-state index is 0.181. The zero-order valence-corrected chi connectivity index (χ0v) is 11.4. The molecule has 0 fully saturated rings. The van der Waals surface area contributed by atoms with Crippen LogP contribution in [-0.4, -0.2) is 9.97 Å². The Morgan fingerprint density at radius 3 is 2.94 bits per heavy atom. The highest BCUT2D eigenvalue weighted by Crippen LogP contribution is 2.30. The van der Waals surface area contributed by atoms with Crippen molar-refractivity contribution in [3.05, 3.63) is 39.5 Å². The van der Waals surface area contributed by atoms with Crippen LogP contribution in [0.25, 0.3) is 0 Å². The van der Waals surface area contributed by atoms with E-state index in [-0.39, 0.29) is 5.95 Å². The third-order valence-corrected chi connectivity index (χ3v) is 3.54. The molecule has 1 aromatic heterocycles. The molecule has 0 atom stereocenters. The van der Waals surface area contributed by atoms with Crippen molar-refractivity contribution in [1.29, 1.82) is 0 Å². The van der Waals surface area contributed by atoms with Gasteiger partial charge < -0.3 is 11.1 Å². The van der Waals surface area contributed by atoms with E-state index in [0.29, 0.717) is 10.8 Å². The molecule has 0 saturated heterocycles. The molecule has 0 bridgehead atoms. The van der Waals surface area contributed by atoms with Gasteiger partial charge in [-0.15, -0.1) is 0 Å². The maximum atomic E-state index is 5.98. The molecule has 0 amide bonds. The quantitative estimate of drug-likeness (QED) is 0.890. The predicted octanol–water partition coefficient (Wildman–Crippen LogP) is 3.53. The molecule has 0 saturated carbocycles. The van der Waals surface area contributed by atoms with Gasteiger partial charge in [-0.25, -0.2) is 4.98 Å². The number of nitrogens with two attached hydrogens (primary N) is 1. The molecule has 4 nitrogen and oxygen atoms in total. The number of rotatable bonds is 2. The van der Waals surface area contributed by atoms with Crippen LogP contribution < -0.4 is 11.1 Å². The first-order valence-corrected chi connectivity index (χ1v) is 6.05. The monoisotopic (exact) mass is 312 g/mol. The van der Waals surface area contributed by atoms with Gasteiger partial charge in [-0.1, -0.05) is 23.7 Å². The smallest absolute Gasteiger partial charge is 0.222 e. The van der Waals surface area contributed by atoms with E-state index in [1.165, 1.54) is 6.20 Å². The van der Waals surface area contributed by atoms with E-state index in [0.717, 1.165) is 15.7 Å². The van der Waals surface area contributed by atoms with Gasteiger partial charge in [0.15, 0.2) is 5.82 Å². The lowest BCUT2D eigenvalue weighted by molar-refractivity contribution is 1.18. The van der Waals surface area contributed by atoms with Crippen molar-refractivity contribution >= 4 is 45.0 Å². The molecular formula is C11H10BrClN4. The van der Waals surface area contributed by atoms with Crippen LogP contribution in [0, 0.1) is 6.92 Å². The van der Waals surface area contributed by atoms with Crippen LogP contribution in [0.1, 0.15) is 5.56 Å². The Bertz CT molecular complexity index is 559. The largest absolute Gasteiger partial charge is 0.368 e. The molecule has 0 aliphatic heterocycles. The third kappa shape index (κ3) is 2.68. The number of anilines is 3. The highest BCUT2D eigenvalue weighted by molar-refractivity contribution is 9.10. The molecule has 0 radical (unpaired) electrons. The number of nitrogens with one attached hydrogen (secondary N) is 1. The SMILES string of the molecule is Cc1cccc(Nc2nc(N)ncc2Cl)c1Br. The molecule has 1 heterocycles. The Morgan fingerprint density at radius 1 is 1.41 bits per heavy atom. The Labute approximate surface area is 112 Å². The number of nitrogens with zero attached hydrogens (tertiary/aromatic N) is 2. The zero-order chi connectivity index (χ0) is 12.4. The molecular weight excluding hydrogens is 304 g/mol. The van der Waals surface area contributed by atoms with E-state index in [4.69, 9.17) is 17.3 Å². The number of aryl methyl sites for hydroxylation is 1. The Morgan fingerprint density at radius 2 is 2.18 bits per heavy atom. The second kappa shape index (κ2) is 4.89. The summed E-state index contributed by atoms with van der Waals surface area (Å²) in [7, 11) is 0. The number of aromatic nitrogens is 2. The molecule has 6 heteroatoms. The summed E-state index contributed by atoms with van der Waals surface area (Å²) in [5.41, 5.74) is 7.51. The topological polar surface area (TPSA) is 63.8 Å². The third-order valence-electron chi connectivity index (χ3n) is 2.21. The maximum Gasteiger partial charge on any atom is 0.222 e. The molecule has 0 spiro atoms. The first-order chi connectivity index (χ1) is 8.08. The van der Waals surface area contributed by atoms with Crippen molar-refractivity contribution in [2.45, 2.75) is 6.92 Å². The normalized spacial score (nSPS) is 10.3. The van der Waals surface area contributed by atoms with Crippen LogP contribution in [0.5, 0.6) is 0 Å². The molecule has 2 rings (SSSR count). The van der Waals surface area contributed by atoms with Gasteiger partial charge in [-0.2, -0.15) is 4.98 Å². The van der Waals surface area contributed by atoms with E-state index in [9.17, 15) is 0 Å². The number of benzene rings is 1. The van der Waals surface area contributed by atoms with Crippen molar-refractivity contribution in [1.82, 2.24) is 9.97 Å². The van der Waals surface area contributed by atoms with E-state index >= 15 is 0 Å². The molecule has 88 valence electrons. The van der Waals surface area contributed by atoms with Gasteiger partial charge in [0.25, 0.3) is 0 Å². The molecule has 0 aliphatic rings. The van der Waals surface area contributed by atoms with Gasteiger partial charge in [-0.3, -0.25) is 0 Å². The second-order valence-corrected chi connectivity index (χ2v) is 4.69. The first-order valence-electron chi connectivity index (χ1n) is 4.88. The van der Waals surface area contributed by atoms with Crippen molar-refractivity contribution in [3.8, 4) is 0 Å². The highest BCUT2D eigenvalue weighted by atomic mass is 79.9. The van der Waals surface area contributed by atoms with E-state index in [1.54, 1.807) is 0 Å². The molecule has 1 aromatic carbocycles. The summed E-state index contributed by atoms with van der Waals surface area (Å²) in [6.07, 6.45) is 1.47. The summed E-state index contributed by atoms with van der Waals surface area (Å²) in [6.45, 7) is 2.01. The van der Waals surface area contributed by atoms with Crippen molar-refractivity contribution in [2.24, 2.45) is 0 Å². The molecule has 2 aromatic rings. The zero-order valence-electron chi connectivity index (χ0n) is 9.04. The lowest BCUT2D eigenvalue weighted by atomic mass is 10.2. The van der Waals surface area contributed by atoms with Gasteiger partial charge in [-0.05, 0) is 34.5 Å². The summed E-state index contributed by atoms with van der Waals surface area (Å²) >= 11 is 9.48. The Balaban J connectivity index is 2.38. The lowest BCUT2D eigenvalue weighted by Gasteiger charge is -2.10. The van der Waals surface area contributed by atoms with Crippen molar-refractivity contribution in [2.75, 3.05) is 11.1 Å².